The third-order valence-corrected chi connectivity index (χ3v) is 3.62. The third-order valence-electron chi connectivity index (χ3n) is 2.66. The first-order valence-electron chi connectivity index (χ1n) is 5.72. The van der Waals surface area contributed by atoms with Crippen molar-refractivity contribution < 1.29 is 8.78 Å². The minimum Gasteiger partial charge on any atom is -0.309 e. The summed E-state index contributed by atoms with van der Waals surface area (Å²) >= 11 is 1.59. The lowest BCUT2D eigenvalue weighted by Gasteiger charge is -2.11. The predicted octanol–water partition coefficient (Wildman–Crippen LogP) is 3.31. The van der Waals surface area contributed by atoms with Crippen LogP contribution in [0.5, 0.6) is 0 Å². The zero-order valence-electron chi connectivity index (χ0n) is 9.99. The number of hydrogen-bond donors (Lipinski definition) is 1. The van der Waals surface area contributed by atoms with Gasteiger partial charge in [0.2, 0.25) is 0 Å². The molecule has 5 heteroatoms. The summed E-state index contributed by atoms with van der Waals surface area (Å²) in [5.41, 5.74) is 2.45. The van der Waals surface area contributed by atoms with Crippen molar-refractivity contribution in [2.24, 2.45) is 0 Å². The minimum absolute atomic E-state index is 0.205. The summed E-state index contributed by atoms with van der Waals surface area (Å²) in [6.45, 7) is 2.71. The van der Waals surface area contributed by atoms with Crippen LogP contribution in [-0.4, -0.2) is 11.5 Å². The fourth-order valence-corrected chi connectivity index (χ4v) is 2.38. The van der Waals surface area contributed by atoms with Gasteiger partial charge in [0.1, 0.15) is 11.6 Å². The van der Waals surface area contributed by atoms with E-state index in [0.717, 1.165) is 10.9 Å². The van der Waals surface area contributed by atoms with E-state index in [2.05, 4.69) is 10.3 Å². The van der Waals surface area contributed by atoms with Crippen molar-refractivity contribution in [1.82, 2.24) is 10.3 Å². The van der Waals surface area contributed by atoms with Gasteiger partial charge in [-0.25, -0.2) is 8.78 Å². The van der Waals surface area contributed by atoms with Crippen molar-refractivity contribution in [2.75, 3.05) is 6.54 Å². The molecule has 0 fully saturated rings. The van der Waals surface area contributed by atoms with E-state index < -0.39 is 11.6 Å². The maximum absolute atomic E-state index is 13.0. The van der Waals surface area contributed by atoms with Gasteiger partial charge in [-0.2, -0.15) is 0 Å². The maximum atomic E-state index is 13.0. The molecule has 1 aromatic carbocycles. The summed E-state index contributed by atoms with van der Waals surface area (Å²) in [6, 6.07) is 3.82. The smallest absolute Gasteiger partial charge is 0.126 e. The number of benzene rings is 1. The summed E-state index contributed by atoms with van der Waals surface area (Å²) in [5.74, 6) is -1.05. The standard InChI is InChI=1S/C13H14F2N2S/c1-9(13-7-16-8-18-13)17-3-2-10-4-11(14)6-12(15)5-10/h4-9,17H,2-3H2,1H3. The normalized spacial score (nSPS) is 12.6. The van der Waals surface area contributed by atoms with Crippen LogP contribution in [0.2, 0.25) is 0 Å². The molecule has 0 aliphatic rings. The van der Waals surface area contributed by atoms with E-state index in [4.69, 9.17) is 0 Å². The van der Waals surface area contributed by atoms with E-state index >= 15 is 0 Å². The quantitative estimate of drug-likeness (QED) is 0.900. The van der Waals surface area contributed by atoms with Gasteiger partial charge in [-0.3, -0.25) is 4.98 Å². The lowest BCUT2D eigenvalue weighted by atomic mass is 10.1. The fraction of sp³-hybridized carbons (Fsp3) is 0.308. The Morgan fingerprint density at radius 1 is 1.28 bits per heavy atom. The van der Waals surface area contributed by atoms with Gasteiger partial charge in [0.15, 0.2) is 0 Å². The summed E-state index contributed by atoms with van der Waals surface area (Å²) < 4.78 is 25.9. The molecule has 0 amide bonds. The molecule has 0 saturated heterocycles. The Morgan fingerprint density at radius 3 is 2.61 bits per heavy atom. The fourth-order valence-electron chi connectivity index (χ4n) is 1.73. The van der Waals surface area contributed by atoms with Crippen LogP contribution in [0.4, 0.5) is 8.78 Å². The number of nitrogens with zero attached hydrogens (tertiary/aromatic N) is 1. The lowest BCUT2D eigenvalue weighted by Crippen LogP contribution is -2.20. The van der Waals surface area contributed by atoms with Crippen LogP contribution in [0.3, 0.4) is 0 Å². The lowest BCUT2D eigenvalue weighted by molar-refractivity contribution is 0.567. The molecule has 18 heavy (non-hydrogen) atoms. The third kappa shape index (κ3) is 3.58. The molecule has 0 saturated carbocycles. The molecule has 96 valence electrons. The molecule has 0 spiro atoms. The van der Waals surface area contributed by atoms with Crippen molar-refractivity contribution in [1.29, 1.82) is 0 Å². The molecular weight excluding hydrogens is 254 g/mol. The number of thiazole rings is 1. The van der Waals surface area contributed by atoms with Crippen LogP contribution < -0.4 is 5.32 Å². The number of hydrogen-bond acceptors (Lipinski definition) is 3. The highest BCUT2D eigenvalue weighted by atomic mass is 32.1. The largest absolute Gasteiger partial charge is 0.309 e. The van der Waals surface area contributed by atoms with Crippen LogP contribution in [-0.2, 0) is 6.42 Å². The van der Waals surface area contributed by atoms with Crippen molar-refractivity contribution in [3.8, 4) is 0 Å². The highest BCUT2D eigenvalue weighted by Gasteiger charge is 2.06. The first-order chi connectivity index (χ1) is 8.65. The SMILES string of the molecule is CC(NCCc1cc(F)cc(F)c1)c1cncs1. The molecule has 1 N–H and O–H groups in total. The molecule has 1 heterocycles. The highest BCUT2D eigenvalue weighted by molar-refractivity contribution is 7.09. The minimum atomic E-state index is -0.527. The molecular formula is C13H14F2N2S. The van der Waals surface area contributed by atoms with E-state index in [9.17, 15) is 8.78 Å². The summed E-state index contributed by atoms with van der Waals surface area (Å²) in [6.07, 6.45) is 2.42. The van der Waals surface area contributed by atoms with E-state index in [0.29, 0.717) is 18.5 Å². The zero-order valence-corrected chi connectivity index (χ0v) is 10.8. The Balaban J connectivity index is 1.85. The van der Waals surface area contributed by atoms with E-state index in [1.54, 1.807) is 16.8 Å². The van der Waals surface area contributed by atoms with Gasteiger partial charge in [-0.05, 0) is 37.6 Å². The van der Waals surface area contributed by atoms with Gasteiger partial charge >= 0.3 is 0 Å². The summed E-state index contributed by atoms with van der Waals surface area (Å²) in [4.78, 5) is 5.17. The average molecular weight is 268 g/mol. The monoisotopic (exact) mass is 268 g/mol. The van der Waals surface area contributed by atoms with Crippen LogP contribution >= 0.6 is 11.3 Å². The van der Waals surface area contributed by atoms with Crippen LogP contribution in [0.15, 0.2) is 29.9 Å². The van der Waals surface area contributed by atoms with Crippen LogP contribution in [0.25, 0.3) is 0 Å². The predicted molar refractivity (Wildman–Crippen MR) is 68.6 cm³/mol. The van der Waals surface area contributed by atoms with Crippen LogP contribution in [0, 0.1) is 11.6 Å². The molecule has 1 atom stereocenters. The molecule has 2 nitrogen and oxygen atoms in total. The van der Waals surface area contributed by atoms with Gasteiger partial charge in [0.25, 0.3) is 0 Å². The molecule has 2 rings (SSSR count). The van der Waals surface area contributed by atoms with Crippen molar-refractivity contribution >= 4 is 11.3 Å². The maximum Gasteiger partial charge on any atom is 0.126 e. The Bertz CT molecular complexity index is 479. The Hall–Kier alpha value is -1.33. The highest BCUT2D eigenvalue weighted by Crippen LogP contribution is 2.16. The topological polar surface area (TPSA) is 24.9 Å². The van der Waals surface area contributed by atoms with E-state index in [-0.39, 0.29) is 6.04 Å². The number of rotatable bonds is 5. The average Bonchev–Trinajstić information content (AvgIpc) is 2.80. The second kappa shape index (κ2) is 6.02. The Kier molecular flexibility index (Phi) is 4.38. The molecule has 2 aromatic rings. The van der Waals surface area contributed by atoms with Gasteiger partial charge in [0.05, 0.1) is 5.51 Å². The first-order valence-corrected chi connectivity index (χ1v) is 6.60. The van der Waals surface area contributed by atoms with Crippen molar-refractivity contribution in [3.63, 3.8) is 0 Å². The van der Waals surface area contributed by atoms with Crippen LogP contribution in [0.1, 0.15) is 23.4 Å². The number of halogens is 2. The molecule has 0 aliphatic heterocycles. The summed E-state index contributed by atoms with van der Waals surface area (Å²) in [5, 5.41) is 3.30. The van der Waals surface area contributed by atoms with E-state index in [1.165, 1.54) is 12.1 Å². The molecule has 0 bridgehead atoms. The van der Waals surface area contributed by atoms with Gasteiger partial charge < -0.3 is 5.32 Å². The first kappa shape index (κ1) is 13.1. The van der Waals surface area contributed by atoms with Crippen molar-refractivity contribution in [2.45, 2.75) is 19.4 Å². The molecule has 1 aromatic heterocycles. The van der Waals surface area contributed by atoms with Gasteiger partial charge in [-0.1, -0.05) is 0 Å². The molecule has 0 radical (unpaired) electrons. The second-order valence-electron chi connectivity index (χ2n) is 4.11. The van der Waals surface area contributed by atoms with Crippen molar-refractivity contribution in [3.05, 3.63) is 52.0 Å². The molecule has 0 aliphatic carbocycles. The molecule has 1 unspecified atom stereocenters. The summed E-state index contributed by atoms with van der Waals surface area (Å²) in [7, 11) is 0. The Morgan fingerprint density at radius 2 is 2.00 bits per heavy atom. The second-order valence-corrected chi connectivity index (χ2v) is 5.03. The Labute approximate surface area is 109 Å². The number of nitrogens with one attached hydrogen (secondary N) is 1. The van der Waals surface area contributed by atoms with E-state index in [1.807, 2.05) is 13.1 Å². The van der Waals surface area contributed by atoms with Gasteiger partial charge in [-0.15, -0.1) is 11.3 Å². The number of aromatic nitrogens is 1. The zero-order chi connectivity index (χ0) is 13.0. The van der Waals surface area contributed by atoms with Gasteiger partial charge in [0, 0.05) is 23.2 Å².